The van der Waals surface area contributed by atoms with Crippen molar-refractivity contribution in [1.29, 1.82) is 0 Å². The van der Waals surface area contributed by atoms with Gasteiger partial charge in [0.15, 0.2) is 11.5 Å². The highest BCUT2D eigenvalue weighted by Gasteiger charge is 2.33. The van der Waals surface area contributed by atoms with Crippen LogP contribution in [-0.4, -0.2) is 57.7 Å². The van der Waals surface area contributed by atoms with Crippen molar-refractivity contribution in [3.63, 3.8) is 0 Å². The Kier molecular flexibility index (Phi) is 5.61. The number of nitrogens with zero attached hydrogens (tertiary/aromatic N) is 2. The van der Waals surface area contributed by atoms with Crippen LogP contribution in [0, 0.1) is 0 Å². The van der Waals surface area contributed by atoms with Crippen molar-refractivity contribution in [2.24, 2.45) is 0 Å². The van der Waals surface area contributed by atoms with Crippen molar-refractivity contribution < 1.29 is 22.6 Å². The number of sulfonamides is 1. The van der Waals surface area contributed by atoms with Crippen LogP contribution < -0.4 is 14.2 Å². The summed E-state index contributed by atoms with van der Waals surface area (Å²) in [6.07, 6.45) is 0.758. The Morgan fingerprint density at radius 2 is 1.90 bits per heavy atom. The first-order valence-corrected chi connectivity index (χ1v) is 11.1. The fourth-order valence-corrected chi connectivity index (χ4v) is 5.27. The molecule has 2 heterocycles. The summed E-state index contributed by atoms with van der Waals surface area (Å²) in [7, 11) is -0.380. The summed E-state index contributed by atoms with van der Waals surface area (Å²) in [6.45, 7) is 2.26. The van der Waals surface area contributed by atoms with E-state index in [9.17, 15) is 8.42 Å². The van der Waals surface area contributed by atoms with E-state index in [4.69, 9.17) is 25.8 Å². The van der Waals surface area contributed by atoms with E-state index >= 15 is 0 Å². The van der Waals surface area contributed by atoms with Gasteiger partial charge < -0.3 is 14.2 Å². The molecule has 1 fully saturated rings. The van der Waals surface area contributed by atoms with E-state index in [2.05, 4.69) is 4.90 Å². The molecule has 2 aliphatic rings. The molecular weight excluding hydrogens is 416 g/mol. The first-order valence-electron chi connectivity index (χ1n) is 9.31. The van der Waals surface area contributed by atoms with E-state index in [1.165, 1.54) is 4.31 Å². The molecule has 2 aliphatic heterocycles. The third kappa shape index (κ3) is 4.02. The molecule has 0 bridgehead atoms. The average molecular weight is 439 g/mol. The van der Waals surface area contributed by atoms with Crippen LogP contribution in [0.15, 0.2) is 41.3 Å². The summed E-state index contributed by atoms with van der Waals surface area (Å²) in [5.41, 5.74) is 0.942. The fourth-order valence-electron chi connectivity index (χ4n) is 3.68. The number of rotatable bonds is 6. The van der Waals surface area contributed by atoms with Crippen molar-refractivity contribution in [3.8, 4) is 17.2 Å². The molecule has 2 aromatic carbocycles. The zero-order chi connectivity index (χ0) is 20.6. The molecule has 2 aromatic rings. The Labute approximate surface area is 175 Å². The van der Waals surface area contributed by atoms with Gasteiger partial charge in [-0.15, -0.1) is 0 Å². The number of likely N-dealkylation sites (tertiary alicyclic amines) is 1. The maximum Gasteiger partial charge on any atom is 0.243 e. The quantitative estimate of drug-likeness (QED) is 0.690. The maximum absolute atomic E-state index is 13.0. The van der Waals surface area contributed by atoms with Crippen molar-refractivity contribution in [1.82, 2.24) is 9.21 Å². The molecule has 156 valence electrons. The SMILES string of the molecule is COc1ccc(S(=O)(=O)N(C)C2CCN(Cc3cc4c(cc3Cl)OCO4)C2)cc1. The van der Waals surface area contributed by atoms with E-state index in [-0.39, 0.29) is 17.7 Å². The van der Waals surface area contributed by atoms with Gasteiger partial charge in [0, 0.05) is 43.8 Å². The van der Waals surface area contributed by atoms with Crippen molar-refractivity contribution >= 4 is 21.6 Å². The Balaban J connectivity index is 1.44. The zero-order valence-electron chi connectivity index (χ0n) is 16.3. The topological polar surface area (TPSA) is 68.3 Å². The second-order valence-corrected chi connectivity index (χ2v) is 9.58. The van der Waals surface area contributed by atoms with E-state index in [1.807, 2.05) is 6.07 Å². The number of fused-ring (bicyclic) bond motifs is 1. The molecule has 1 unspecified atom stereocenters. The molecule has 1 atom stereocenters. The van der Waals surface area contributed by atoms with Gasteiger partial charge in [0.05, 0.1) is 12.0 Å². The van der Waals surface area contributed by atoms with Crippen LogP contribution in [0.1, 0.15) is 12.0 Å². The number of ether oxygens (including phenoxy) is 3. The molecule has 0 aromatic heterocycles. The summed E-state index contributed by atoms with van der Waals surface area (Å²) in [5.74, 6) is 1.97. The van der Waals surface area contributed by atoms with Gasteiger partial charge >= 0.3 is 0 Å². The van der Waals surface area contributed by atoms with Crippen molar-refractivity contribution in [2.45, 2.75) is 23.9 Å². The lowest BCUT2D eigenvalue weighted by Gasteiger charge is -2.24. The molecular formula is C20H23ClN2O5S. The van der Waals surface area contributed by atoms with E-state index in [0.717, 1.165) is 18.5 Å². The molecule has 29 heavy (non-hydrogen) atoms. The van der Waals surface area contributed by atoms with Crippen molar-refractivity contribution in [3.05, 3.63) is 47.0 Å². The number of halogens is 1. The fraction of sp³-hybridized carbons (Fsp3) is 0.400. The Bertz CT molecular complexity index is 997. The minimum absolute atomic E-state index is 0.102. The molecule has 0 radical (unpaired) electrons. The van der Waals surface area contributed by atoms with Gasteiger partial charge in [-0.2, -0.15) is 4.31 Å². The first kappa shape index (κ1) is 20.3. The molecule has 0 aliphatic carbocycles. The van der Waals surface area contributed by atoms with Gasteiger partial charge in [-0.1, -0.05) is 11.6 Å². The van der Waals surface area contributed by atoms with E-state index < -0.39 is 10.0 Å². The molecule has 0 saturated carbocycles. The van der Waals surface area contributed by atoms with Gasteiger partial charge in [-0.3, -0.25) is 4.90 Å². The summed E-state index contributed by atoms with van der Waals surface area (Å²) in [6, 6.07) is 10.0. The summed E-state index contributed by atoms with van der Waals surface area (Å²) in [4.78, 5) is 2.46. The number of hydrogen-bond acceptors (Lipinski definition) is 6. The van der Waals surface area contributed by atoms with Crippen LogP contribution in [0.2, 0.25) is 5.02 Å². The van der Waals surface area contributed by atoms with Gasteiger partial charge in [0.1, 0.15) is 5.75 Å². The van der Waals surface area contributed by atoms with Gasteiger partial charge in [0.2, 0.25) is 16.8 Å². The highest BCUT2D eigenvalue weighted by atomic mass is 35.5. The molecule has 0 N–H and O–H groups in total. The summed E-state index contributed by atoms with van der Waals surface area (Å²) in [5, 5.41) is 0.622. The van der Waals surface area contributed by atoms with Crippen LogP contribution in [0.4, 0.5) is 0 Å². The lowest BCUT2D eigenvalue weighted by atomic mass is 10.2. The Hall–Kier alpha value is -2.00. The van der Waals surface area contributed by atoms with Crippen molar-refractivity contribution in [2.75, 3.05) is 34.0 Å². The smallest absolute Gasteiger partial charge is 0.243 e. The Morgan fingerprint density at radius 1 is 1.21 bits per heavy atom. The molecule has 0 amide bonds. The monoisotopic (exact) mass is 438 g/mol. The van der Waals surface area contributed by atoms with Crippen LogP contribution in [0.25, 0.3) is 0 Å². The third-order valence-electron chi connectivity index (χ3n) is 5.43. The van der Waals surface area contributed by atoms with Gasteiger partial charge in [0.25, 0.3) is 0 Å². The standard InChI is InChI=1S/C20H23ClN2O5S/c1-22(29(24,25)17-5-3-16(26-2)4-6-17)15-7-8-23(12-15)11-14-9-19-20(10-18(14)21)28-13-27-19/h3-6,9-10,15H,7-8,11-13H2,1-2H3. The van der Waals surface area contributed by atoms with Crippen LogP contribution in [0.3, 0.4) is 0 Å². The molecule has 0 spiro atoms. The minimum atomic E-state index is -3.57. The predicted octanol–water partition coefficient (Wildman–Crippen LogP) is 2.97. The Morgan fingerprint density at radius 3 is 2.59 bits per heavy atom. The van der Waals surface area contributed by atoms with Gasteiger partial charge in [-0.05, 0) is 42.3 Å². The molecule has 4 rings (SSSR count). The number of benzene rings is 2. The molecule has 1 saturated heterocycles. The normalized spacial score (nSPS) is 19.1. The summed E-state index contributed by atoms with van der Waals surface area (Å²) >= 11 is 6.38. The highest BCUT2D eigenvalue weighted by Crippen LogP contribution is 2.37. The van der Waals surface area contributed by atoms with Gasteiger partial charge in [-0.25, -0.2) is 8.42 Å². The number of methoxy groups -OCH3 is 1. The minimum Gasteiger partial charge on any atom is -0.497 e. The lowest BCUT2D eigenvalue weighted by Crippen LogP contribution is -2.38. The van der Waals surface area contributed by atoms with Crippen LogP contribution in [0.5, 0.6) is 17.2 Å². The van der Waals surface area contributed by atoms with E-state index in [0.29, 0.717) is 35.4 Å². The number of likely N-dealkylation sites (N-methyl/N-ethyl adjacent to an activating group) is 1. The zero-order valence-corrected chi connectivity index (χ0v) is 17.9. The maximum atomic E-state index is 13.0. The van der Waals surface area contributed by atoms with Crippen LogP contribution in [-0.2, 0) is 16.6 Å². The predicted molar refractivity (Wildman–Crippen MR) is 109 cm³/mol. The highest BCUT2D eigenvalue weighted by molar-refractivity contribution is 7.89. The third-order valence-corrected chi connectivity index (χ3v) is 7.71. The van der Waals surface area contributed by atoms with E-state index in [1.54, 1.807) is 44.5 Å². The molecule has 9 heteroatoms. The lowest BCUT2D eigenvalue weighted by molar-refractivity contribution is 0.174. The number of hydrogen-bond donors (Lipinski definition) is 0. The first-order chi connectivity index (χ1) is 13.9. The second-order valence-electron chi connectivity index (χ2n) is 7.17. The second kappa shape index (κ2) is 8.02. The summed E-state index contributed by atoms with van der Waals surface area (Å²) < 4.78 is 43.3. The molecule has 7 nitrogen and oxygen atoms in total. The average Bonchev–Trinajstić information content (AvgIpc) is 3.37. The largest absolute Gasteiger partial charge is 0.497 e. The van der Waals surface area contributed by atoms with Crippen LogP contribution >= 0.6 is 11.6 Å².